The van der Waals surface area contributed by atoms with Gasteiger partial charge in [-0.25, -0.2) is 4.98 Å². The monoisotopic (exact) mass is 278 g/mol. The summed E-state index contributed by atoms with van der Waals surface area (Å²) in [6.07, 6.45) is 5.78. The Balaban J connectivity index is 1.83. The fraction of sp³-hybridized carbons (Fsp3) is 0.571. The zero-order chi connectivity index (χ0) is 13.9. The van der Waals surface area contributed by atoms with Crippen LogP contribution in [0.3, 0.4) is 0 Å². The normalized spacial score (nSPS) is 13.7. The number of thiazole rings is 1. The number of aromatic nitrogens is 3. The maximum atomic E-state index is 4.50. The summed E-state index contributed by atoms with van der Waals surface area (Å²) >= 11 is 1.79. The summed E-state index contributed by atoms with van der Waals surface area (Å²) in [4.78, 5) is 5.79. The molecular formula is C14H22N4S. The highest BCUT2D eigenvalue weighted by atomic mass is 32.1. The van der Waals surface area contributed by atoms with E-state index in [0.717, 1.165) is 13.1 Å². The summed E-state index contributed by atoms with van der Waals surface area (Å²) in [5, 5.41) is 8.92. The Hall–Kier alpha value is -1.20. The molecule has 4 nitrogen and oxygen atoms in total. The van der Waals surface area contributed by atoms with Gasteiger partial charge in [0.1, 0.15) is 0 Å². The number of rotatable bonds is 5. The minimum absolute atomic E-state index is 0.142. The highest BCUT2D eigenvalue weighted by Gasteiger charge is 2.17. The second kappa shape index (κ2) is 5.84. The molecule has 0 fully saturated rings. The van der Waals surface area contributed by atoms with Gasteiger partial charge in [0.25, 0.3) is 0 Å². The largest absolute Gasteiger partial charge is 0.307 e. The van der Waals surface area contributed by atoms with Crippen LogP contribution >= 0.6 is 11.3 Å². The van der Waals surface area contributed by atoms with E-state index in [9.17, 15) is 0 Å². The van der Waals surface area contributed by atoms with E-state index in [4.69, 9.17) is 0 Å². The summed E-state index contributed by atoms with van der Waals surface area (Å²) in [5.41, 5.74) is 0.142. The van der Waals surface area contributed by atoms with E-state index in [0.29, 0.717) is 6.04 Å². The predicted molar refractivity (Wildman–Crippen MR) is 79.3 cm³/mol. The van der Waals surface area contributed by atoms with Gasteiger partial charge >= 0.3 is 0 Å². The molecule has 0 saturated carbocycles. The van der Waals surface area contributed by atoms with Crippen LogP contribution in [0.5, 0.6) is 0 Å². The molecular weight excluding hydrogens is 256 g/mol. The molecule has 0 unspecified atom stereocenters. The zero-order valence-corrected chi connectivity index (χ0v) is 12.9. The first-order valence-corrected chi connectivity index (χ1v) is 7.43. The number of hydrogen-bond donors (Lipinski definition) is 1. The SMILES string of the molecule is C[C@H](Cn1cccn1)NCc1cnc(C(C)(C)C)s1. The highest BCUT2D eigenvalue weighted by molar-refractivity contribution is 7.11. The number of nitrogens with one attached hydrogen (secondary N) is 1. The molecule has 0 aliphatic carbocycles. The van der Waals surface area contributed by atoms with Crippen molar-refractivity contribution in [1.82, 2.24) is 20.1 Å². The molecule has 2 aromatic heterocycles. The first-order chi connectivity index (χ1) is 8.95. The van der Waals surface area contributed by atoms with Gasteiger partial charge in [-0.3, -0.25) is 4.68 Å². The van der Waals surface area contributed by atoms with Gasteiger partial charge in [-0.05, 0) is 13.0 Å². The van der Waals surface area contributed by atoms with Crippen molar-refractivity contribution in [3.05, 3.63) is 34.5 Å². The smallest absolute Gasteiger partial charge is 0.0981 e. The molecule has 0 aromatic carbocycles. The van der Waals surface area contributed by atoms with Crippen LogP contribution in [0, 0.1) is 0 Å². The van der Waals surface area contributed by atoms with E-state index in [2.05, 4.69) is 43.1 Å². The first kappa shape index (κ1) is 14.2. The molecule has 2 aromatic rings. The van der Waals surface area contributed by atoms with Gasteiger partial charge in [0.2, 0.25) is 0 Å². The third-order valence-corrected chi connectivity index (χ3v) is 4.26. The first-order valence-electron chi connectivity index (χ1n) is 6.61. The third kappa shape index (κ3) is 4.14. The Bertz CT molecular complexity index is 496. The van der Waals surface area contributed by atoms with Crippen molar-refractivity contribution in [2.45, 2.75) is 52.2 Å². The molecule has 0 bridgehead atoms. The lowest BCUT2D eigenvalue weighted by Crippen LogP contribution is -2.29. The van der Waals surface area contributed by atoms with Crippen molar-refractivity contribution < 1.29 is 0 Å². The molecule has 1 atom stereocenters. The predicted octanol–water partition coefficient (Wildman–Crippen LogP) is 2.82. The van der Waals surface area contributed by atoms with Crippen LogP contribution in [0.2, 0.25) is 0 Å². The zero-order valence-electron chi connectivity index (χ0n) is 12.1. The lowest BCUT2D eigenvalue weighted by atomic mass is 9.98. The van der Waals surface area contributed by atoms with Crippen LogP contribution in [0.15, 0.2) is 24.7 Å². The Morgan fingerprint density at radius 1 is 1.42 bits per heavy atom. The molecule has 0 aliphatic rings. The van der Waals surface area contributed by atoms with Crippen LogP contribution in [-0.4, -0.2) is 20.8 Å². The Morgan fingerprint density at radius 3 is 2.79 bits per heavy atom. The summed E-state index contributed by atoms with van der Waals surface area (Å²) in [6, 6.07) is 2.34. The molecule has 0 saturated heterocycles. The lowest BCUT2D eigenvalue weighted by Gasteiger charge is -2.14. The van der Waals surface area contributed by atoms with Crippen LogP contribution in [0.1, 0.15) is 37.6 Å². The molecule has 0 spiro atoms. The molecule has 1 N–H and O–H groups in total. The van der Waals surface area contributed by atoms with Crippen molar-refractivity contribution in [2.24, 2.45) is 0 Å². The maximum absolute atomic E-state index is 4.50. The Labute approximate surface area is 118 Å². The van der Waals surface area contributed by atoms with Crippen LogP contribution in [-0.2, 0) is 18.5 Å². The van der Waals surface area contributed by atoms with E-state index in [-0.39, 0.29) is 5.41 Å². The number of hydrogen-bond acceptors (Lipinski definition) is 4. The number of nitrogens with zero attached hydrogens (tertiary/aromatic N) is 3. The van der Waals surface area contributed by atoms with E-state index in [1.807, 2.05) is 29.3 Å². The molecule has 2 heterocycles. The fourth-order valence-corrected chi connectivity index (χ4v) is 2.69. The van der Waals surface area contributed by atoms with Gasteiger partial charge in [0.05, 0.1) is 11.6 Å². The Morgan fingerprint density at radius 2 is 2.21 bits per heavy atom. The lowest BCUT2D eigenvalue weighted by molar-refractivity contribution is 0.452. The Kier molecular flexibility index (Phi) is 4.37. The second-order valence-electron chi connectivity index (χ2n) is 5.89. The molecule has 104 valence electrons. The van der Waals surface area contributed by atoms with Gasteiger partial charge in [0, 0.05) is 41.5 Å². The summed E-state index contributed by atoms with van der Waals surface area (Å²) < 4.78 is 1.95. The van der Waals surface area contributed by atoms with Crippen molar-refractivity contribution >= 4 is 11.3 Å². The molecule has 2 rings (SSSR count). The van der Waals surface area contributed by atoms with Gasteiger partial charge in [-0.15, -0.1) is 11.3 Å². The minimum atomic E-state index is 0.142. The van der Waals surface area contributed by atoms with Gasteiger partial charge in [0.15, 0.2) is 0 Å². The molecule has 0 aliphatic heterocycles. The second-order valence-corrected chi connectivity index (χ2v) is 7.01. The van der Waals surface area contributed by atoms with Crippen molar-refractivity contribution in [3.8, 4) is 0 Å². The van der Waals surface area contributed by atoms with Gasteiger partial charge in [-0.1, -0.05) is 20.8 Å². The highest BCUT2D eigenvalue weighted by Crippen LogP contribution is 2.26. The maximum Gasteiger partial charge on any atom is 0.0981 e. The van der Waals surface area contributed by atoms with E-state index in [1.165, 1.54) is 9.88 Å². The van der Waals surface area contributed by atoms with E-state index in [1.54, 1.807) is 11.3 Å². The molecule has 0 amide bonds. The summed E-state index contributed by atoms with van der Waals surface area (Å²) in [6.45, 7) is 10.5. The average molecular weight is 278 g/mol. The minimum Gasteiger partial charge on any atom is -0.307 e. The van der Waals surface area contributed by atoms with Crippen LogP contribution < -0.4 is 5.32 Å². The van der Waals surface area contributed by atoms with Gasteiger partial charge in [-0.2, -0.15) is 5.10 Å². The molecule has 0 radical (unpaired) electrons. The third-order valence-electron chi connectivity index (χ3n) is 2.84. The fourth-order valence-electron chi connectivity index (χ4n) is 1.76. The van der Waals surface area contributed by atoms with Crippen molar-refractivity contribution in [1.29, 1.82) is 0 Å². The van der Waals surface area contributed by atoms with Crippen LogP contribution in [0.4, 0.5) is 0 Å². The standard InChI is InChI=1S/C14H22N4S/c1-11(10-18-7-5-6-17-18)15-8-12-9-16-13(19-12)14(2,3)4/h5-7,9,11,15H,8,10H2,1-4H3/t11-/m1/s1. The van der Waals surface area contributed by atoms with Crippen LogP contribution in [0.25, 0.3) is 0 Å². The van der Waals surface area contributed by atoms with Crippen molar-refractivity contribution in [3.63, 3.8) is 0 Å². The molecule has 19 heavy (non-hydrogen) atoms. The molecule has 5 heteroatoms. The average Bonchev–Trinajstić information content (AvgIpc) is 2.95. The quantitative estimate of drug-likeness (QED) is 0.914. The summed E-state index contributed by atoms with van der Waals surface area (Å²) in [7, 11) is 0. The topological polar surface area (TPSA) is 42.7 Å². The van der Waals surface area contributed by atoms with E-state index >= 15 is 0 Å². The summed E-state index contributed by atoms with van der Waals surface area (Å²) in [5.74, 6) is 0. The van der Waals surface area contributed by atoms with Crippen molar-refractivity contribution in [2.75, 3.05) is 0 Å². The van der Waals surface area contributed by atoms with E-state index < -0.39 is 0 Å². The van der Waals surface area contributed by atoms with Gasteiger partial charge < -0.3 is 5.32 Å².